The van der Waals surface area contributed by atoms with Crippen molar-refractivity contribution in [3.8, 4) is 0 Å². The molecular formula is C17H23N. The molecule has 18 heavy (non-hydrogen) atoms. The van der Waals surface area contributed by atoms with Crippen molar-refractivity contribution in [3.63, 3.8) is 0 Å². The molecule has 0 fully saturated rings. The molecule has 0 heterocycles. The average molecular weight is 241 g/mol. The van der Waals surface area contributed by atoms with Crippen LogP contribution in [-0.4, -0.2) is 6.54 Å². The zero-order valence-corrected chi connectivity index (χ0v) is 11.7. The van der Waals surface area contributed by atoms with E-state index < -0.39 is 0 Å². The molecule has 2 aromatic rings. The van der Waals surface area contributed by atoms with Crippen LogP contribution in [0.2, 0.25) is 0 Å². The molecule has 1 atom stereocenters. The number of anilines is 1. The highest BCUT2D eigenvalue weighted by Gasteiger charge is 2.11. The van der Waals surface area contributed by atoms with Gasteiger partial charge in [-0.05, 0) is 47.7 Å². The van der Waals surface area contributed by atoms with Gasteiger partial charge in [0.2, 0.25) is 0 Å². The third-order valence-corrected chi connectivity index (χ3v) is 3.54. The SMILES string of the molecule is CCCC(C)c1cc2ccccc2cc1NCC. The third-order valence-electron chi connectivity index (χ3n) is 3.54. The maximum atomic E-state index is 3.51. The van der Waals surface area contributed by atoms with E-state index in [2.05, 4.69) is 62.5 Å². The second-order valence-electron chi connectivity index (χ2n) is 5.01. The van der Waals surface area contributed by atoms with Crippen molar-refractivity contribution >= 4 is 16.5 Å². The first-order valence-electron chi connectivity index (χ1n) is 7.02. The van der Waals surface area contributed by atoms with E-state index in [4.69, 9.17) is 0 Å². The predicted molar refractivity (Wildman–Crippen MR) is 81.4 cm³/mol. The highest BCUT2D eigenvalue weighted by atomic mass is 14.9. The van der Waals surface area contributed by atoms with Gasteiger partial charge in [-0.1, -0.05) is 44.5 Å². The number of hydrogen-bond donors (Lipinski definition) is 1. The summed E-state index contributed by atoms with van der Waals surface area (Å²) in [6, 6.07) is 13.3. The molecule has 0 aliphatic carbocycles. The van der Waals surface area contributed by atoms with Gasteiger partial charge in [-0.2, -0.15) is 0 Å². The van der Waals surface area contributed by atoms with E-state index in [1.165, 1.54) is 34.9 Å². The summed E-state index contributed by atoms with van der Waals surface area (Å²) in [5.41, 5.74) is 2.76. The Bertz CT molecular complexity index is 516. The fraction of sp³-hybridized carbons (Fsp3) is 0.412. The van der Waals surface area contributed by atoms with Crippen LogP contribution in [0.15, 0.2) is 36.4 Å². The topological polar surface area (TPSA) is 12.0 Å². The zero-order valence-electron chi connectivity index (χ0n) is 11.7. The van der Waals surface area contributed by atoms with E-state index in [1.807, 2.05) is 0 Å². The standard InChI is InChI=1S/C17H23N/c1-4-8-13(3)16-11-14-9-6-7-10-15(14)12-17(16)18-5-2/h6-7,9-13,18H,4-5,8H2,1-3H3. The largest absolute Gasteiger partial charge is 0.385 e. The Hall–Kier alpha value is -1.50. The second-order valence-corrected chi connectivity index (χ2v) is 5.01. The molecule has 0 amide bonds. The van der Waals surface area contributed by atoms with E-state index in [0.29, 0.717) is 5.92 Å². The van der Waals surface area contributed by atoms with Crippen molar-refractivity contribution in [3.05, 3.63) is 42.0 Å². The second kappa shape index (κ2) is 5.90. The lowest BCUT2D eigenvalue weighted by atomic mass is 9.92. The molecule has 0 bridgehead atoms. The number of hydrogen-bond acceptors (Lipinski definition) is 1. The molecule has 0 radical (unpaired) electrons. The van der Waals surface area contributed by atoms with Crippen molar-refractivity contribution in [2.45, 2.75) is 39.5 Å². The summed E-state index contributed by atoms with van der Waals surface area (Å²) in [6.45, 7) is 7.71. The Morgan fingerprint density at radius 3 is 2.33 bits per heavy atom. The minimum atomic E-state index is 0.619. The number of benzene rings is 2. The van der Waals surface area contributed by atoms with E-state index in [-0.39, 0.29) is 0 Å². The van der Waals surface area contributed by atoms with Gasteiger partial charge in [0.05, 0.1) is 0 Å². The summed E-state index contributed by atoms with van der Waals surface area (Å²) in [6.07, 6.45) is 2.48. The lowest BCUT2D eigenvalue weighted by Gasteiger charge is -2.18. The maximum Gasteiger partial charge on any atom is 0.0381 e. The van der Waals surface area contributed by atoms with Crippen molar-refractivity contribution in [1.82, 2.24) is 0 Å². The highest BCUT2D eigenvalue weighted by molar-refractivity contribution is 5.87. The first-order chi connectivity index (χ1) is 8.76. The molecule has 0 saturated heterocycles. The van der Waals surface area contributed by atoms with Crippen LogP contribution in [0.3, 0.4) is 0 Å². The third kappa shape index (κ3) is 2.66. The Kier molecular flexibility index (Phi) is 4.24. The smallest absolute Gasteiger partial charge is 0.0381 e. The first-order valence-corrected chi connectivity index (χ1v) is 7.02. The van der Waals surface area contributed by atoms with Crippen LogP contribution in [0.1, 0.15) is 45.1 Å². The van der Waals surface area contributed by atoms with Crippen LogP contribution < -0.4 is 5.32 Å². The Morgan fingerprint density at radius 2 is 1.72 bits per heavy atom. The molecule has 96 valence electrons. The Morgan fingerprint density at radius 1 is 1.06 bits per heavy atom. The lowest BCUT2D eigenvalue weighted by Crippen LogP contribution is -2.03. The van der Waals surface area contributed by atoms with Crippen LogP contribution >= 0.6 is 0 Å². The molecule has 1 heteroatoms. The molecule has 1 unspecified atom stereocenters. The summed E-state index contributed by atoms with van der Waals surface area (Å²) < 4.78 is 0. The molecule has 0 saturated carbocycles. The minimum Gasteiger partial charge on any atom is -0.385 e. The quantitative estimate of drug-likeness (QED) is 0.761. The predicted octanol–water partition coefficient (Wildman–Crippen LogP) is 5.18. The molecule has 2 aromatic carbocycles. The van der Waals surface area contributed by atoms with Gasteiger partial charge < -0.3 is 5.32 Å². The molecule has 1 nitrogen and oxygen atoms in total. The van der Waals surface area contributed by atoms with Gasteiger partial charge in [0.1, 0.15) is 0 Å². The van der Waals surface area contributed by atoms with E-state index >= 15 is 0 Å². The van der Waals surface area contributed by atoms with E-state index in [0.717, 1.165) is 6.54 Å². The Labute approximate surface area is 110 Å². The lowest BCUT2D eigenvalue weighted by molar-refractivity contribution is 0.666. The number of fused-ring (bicyclic) bond motifs is 1. The van der Waals surface area contributed by atoms with Gasteiger partial charge in [0.15, 0.2) is 0 Å². The van der Waals surface area contributed by atoms with Gasteiger partial charge in [-0.3, -0.25) is 0 Å². The summed E-state index contributed by atoms with van der Waals surface area (Å²) in [7, 11) is 0. The van der Waals surface area contributed by atoms with Crippen molar-refractivity contribution in [2.75, 3.05) is 11.9 Å². The highest BCUT2D eigenvalue weighted by Crippen LogP contribution is 2.32. The van der Waals surface area contributed by atoms with Gasteiger partial charge in [-0.15, -0.1) is 0 Å². The molecule has 1 N–H and O–H groups in total. The summed E-state index contributed by atoms with van der Waals surface area (Å²) >= 11 is 0. The van der Waals surface area contributed by atoms with Gasteiger partial charge >= 0.3 is 0 Å². The first kappa shape index (κ1) is 12.9. The monoisotopic (exact) mass is 241 g/mol. The minimum absolute atomic E-state index is 0.619. The normalized spacial score (nSPS) is 12.6. The van der Waals surface area contributed by atoms with Crippen molar-refractivity contribution < 1.29 is 0 Å². The fourth-order valence-electron chi connectivity index (χ4n) is 2.60. The molecular weight excluding hydrogens is 218 g/mol. The van der Waals surface area contributed by atoms with Gasteiger partial charge in [0, 0.05) is 12.2 Å². The maximum absolute atomic E-state index is 3.51. The van der Waals surface area contributed by atoms with E-state index in [1.54, 1.807) is 0 Å². The zero-order chi connectivity index (χ0) is 13.0. The summed E-state index contributed by atoms with van der Waals surface area (Å²) in [4.78, 5) is 0. The molecule has 0 aliphatic rings. The molecule has 0 aromatic heterocycles. The number of nitrogens with one attached hydrogen (secondary N) is 1. The number of rotatable bonds is 5. The van der Waals surface area contributed by atoms with Crippen LogP contribution in [-0.2, 0) is 0 Å². The van der Waals surface area contributed by atoms with Crippen LogP contribution in [0.5, 0.6) is 0 Å². The van der Waals surface area contributed by atoms with Crippen LogP contribution in [0.25, 0.3) is 10.8 Å². The molecule has 0 aliphatic heterocycles. The van der Waals surface area contributed by atoms with Crippen molar-refractivity contribution in [1.29, 1.82) is 0 Å². The molecule has 0 spiro atoms. The molecule has 2 rings (SSSR count). The fourth-order valence-corrected chi connectivity index (χ4v) is 2.60. The van der Waals surface area contributed by atoms with E-state index in [9.17, 15) is 0 Å². The van der Waals surface area contributed by atoms with Crippen LogP contribution in [0.4, 0.5) is 5.69 Å². The summed E-state index contributed by atoms with van der Waals surface area (Å²) in [5.74, 6) is 0.619. The van der Waals surface area contributed by atoms with Crippen LogP contribution in [0, 0.1) is 0 Å². The summed E-state index contributed by atoms with van der Waals surface area (Å²) in [5, 5.41) is 6.17. The average Bonchev–Trinajstić information content (AvgIpc) is 2.38. The van der Waals surface area contributed by atoms with Crippen molar-refractivity contribution in [2.24, 2.45) is 0 Å². The van der Waals surface area contributed by atoms with Gasteiger partial charge in [-0.25, -0.2) is 0 Å². The van der Waals surface area contributed by atoms with Gasteiger partial charge in [0.25, 0.3) is 0 Å². The Balaban J connectivity index is 2.50.